The molecule has 11 heteroatoms. The van der Waals surface area contributed by atoms with Crippen LogP contribution >= 0.6 is 0 Å². The zero-order valence-electron chi connectivity index (χ0n) is 20.2. The van der Waals surface area contributed by atoms with E-state index in [9.17, 15) is 18.0 Å². The van der Waals surface area contributed by atoms with Gasteiger partial charge in [0, 0.05) is 50.5 Å². The molecular formula is C23H33F3N6O2. The number of aryl methyl sites for hydroxylation is 2. The van der Waals surface area contributed by atoms with E-state index in [1.807, 2.05) is 4.90 Å². The summed E-state index contributed by atoms with van der Waals surface area (Å²) < 4.78 is 45.9. The van der Waals surface area contributed by atoms with Crippen LogP contribution in [-0.2, 0) is 22.1 Å². The molecule has 4 rings (SSSR count). The summed E-state index contributed by atoms with van der Waals surface area (Å²) in [5.74, 6) is -0.642. The van der Waals surface area contributed by atoms with E-state index in [0.29, 0.717) is 30.1 Å². The van der Waals surface area contributed by atoms with Gasteiger partial charge in [-0.2, -0.15) is 18.2 Å². The summed E-state index contributed by atoms with van der Waals surface area (Å²) in [5, 5.41) is 3.58. The number of halogens is 3. The fourth-order valence-corrected chi connectivity index (χ4v) is 5.24. The average Bonchev–Trinajstić information content (AvgIpc) is 3.18. The van der Waals surface area contributed by atoms with E-state index in [1.54, 1.807) is 13.8 Å². The number of alkyl halides is 3. The molecule has 188 valence electrons. The zero-order chi connectivity index (χ0) is 24.6. The van der Waals surface area contributed by atoms with Crippen molar-refractivity contribution in [2.45, 2.75) is 71.8 Å². The fourth-order valence-electron chi connectivity index (χ4n) is 5.24. The first-order chi connectivity index (χ1) is 16.0. The lowest BCUT2D eigenvalue weighted by atomic mass is 9.95. The first kappa shape index (κ1) is 24.8. The number of ether oxygens (including phenoxy) is 1. The number of hydrogen-bond donors (Lipinski definition) is 0. The van der Waals surface area contributed by atoms with Crippen LogP contribution in [0.4, 0.5) is 13.2 Å². The summed E-state index contributed by atoms with van der Waals surface area (Å²) in [6, 6.07) is 0. The van der Waals surface area contributed by atoms with E-state index in [2.05, 4.69) is 33.8 Å². The van der Waals surface area contributed by atoms with Gasteiger partial charge in [-0.3, -0.25) is 9.69 Å². The molecule has 0 aromatic carbocycles. The third-order valence-corrected chi connectivity index (χ3v) is 6.87. The van der Waals surface area contributed by atoms with Gasteiger partial charge in [-0.05, 0) is 58.4 Å². The molecule has 2 fully saturated rings. The molecule has 0 spiro atoms. The van der Waals surface area contributed by atoms with Crippen LogP contribution in [0.25, 0.3) is 5.78 Å². The summed E-state index contributed by atoms with van der Waals surface area (Å²) in [6.07, 6.45) is -1.46. The molecule has 2 aliphatic rings. The highest BCUT2D eigenvalue weighted by atomic mass is 19.4. The third kappa shape index (κ3) is 5.51. The van der Waals surface area contributed by atoms with Crippen LogP contribution in [-0.4, -0.2) is 80.2 Å². The van der Waals surface area contributed by atoms with Crippen LogP contribution < -0.4 is 0 Å². The van der Waals surface area contributed by atoms with Crippen molar-refractivity contribution in [3.63, 3.8) is 0 Å². The Balaban J connectivity index is 1.32. The van der Waals surface area contributed by atoms with E-state index in [0.717, 1.165) is 55.6 Å². The molecule has 2 aromatic rings. The molecule has 2 unspecified atom stereocenters. The number of carbonyl (C=O) groups is 1. The lowest BCUT2D eigenvalue weighted by Gasteiger charge is -2.39. The number of carbonyl (C=O) groups excluding carboxylic acids is 1. The number of hydrogen-bond acceptors (Lipinski definition) is 6. The number of rotatable bonds is 5. The maximum atomic E-state index is 13.0. The molecule has 1 amide bonds. The van der Waals surface area contributed by atoms with Gasteiger partial charge in [0.15, 0.2) is 0 Å². The first-order valence-electron chi connectivity index (χ1n) is 12.0. The molecule has 0 bridgehead atoms. The molecule has 0 radical (unpaired) electrons. The minimum absolute atomic E-state index is 0.0699. The van der Waals surface area contributed by atoms with Crippen LogP contribution in [0.1, 0.15) is 55.9 Å². The van der Waals surface area contributed by atoms with Crippen molar-refractivity contribution in [3.05, 3.63) is 22.8 Å². The van der Waals surface area contributed by atoms with E-state index in [-0.39, 0.29) is 23.9 Å². The number of nitrogens with zero attached hydrogens (tertiary/aromatic N) is 6. The Bertz CT molecular complexity index is 1020. The van der Waals surface area contributed by atoms with Gasteiger partial charge in [-0.15, -0.1) is 5.10 Å². The van der Waals surface area contributed by atoms with Gasteiger partial charge in [-0.25, -0.2) is 9.50 Å². The Hall–Kier alpha value is -2.27. The summed E-state index contributed by atoms with van der Waals surface area (Å²) in [6.45, 7) is 12.1. The number of likely N-dealkylation sites (tertiary alicyclic amines) is 1. The van der Waals surface area contributed by atoms with Crippen LogP contribution in [0.15, 0.2) is 0 Å². The molecule has 2 atom stereocenters. The average molecular weight is 483 g/mol. The minimum atomic E-state index is -4.63. The molecule has 34 heavy (non-hydrogen) atoms. The topological polar surface area (TPSA) is 75.9 Å². The summed E-state index contributed by atoms with van der Waals surface area (Å²) >= 11 is 0. The monoisotopic (exact) mass is 482 g/mol. The lowest BCUT2D eigenvalue weighted by molar-refractivity contribution is -0.144. The maximum absolute atomic E-state index is 13.0. The molecule has 4 heterocycles. The lowest BCUT2D eigenvalue weighted by Crippen LogP contribution is -2.48. The molecule has 0 N–H and O–H groups in total. The van der Waals surface area contributed by atoms with Crippen LogP contribution in [0, 0.1) is 19.8 Å². The Kier molecular flexibility index (Phi) is 7.14. The Morgan fingerprint density at radius 1 is 1.09 bits per heavy atom. The SMILES string of the molecule is Cc1nc2nc(C(F)(F)F)nn2c(C)c1CCC(=O)N1CCC(CN2CC(C)OC(C)C2)CC1. The second kappa shape index (κ2) is 9.77. The largest absolute Gasteiger partial charge is 0.453 e. The fraction of sp³-hybridized carbons (Fsp3) is 0.739. The zero-order valence-corrected chi connectivity index (χ0v) is 20.2. The minimum Gasteiger partial charge on any atom is -0.373 e. The van der Waals surface area contributed by atoms with Crippen LogP contribution in [0.2, 0.25) is 0 Å². The molecular weight excluding hydrogens is 449 g/mol. The predicted molar refractivity (Wildman–Crippen MR) is 119 cm³/mol. The molecule has 2 aromatic heterocycles. The number of fused-ring (bicyclic) bond motifs is 1. The molecule has 0 aliphatic carbocycles. The second-order valence-corrected chi connectivity index (χ2v) is 9.71. The van der Waals surface area contributed by atoms with Gasteiger partial charge in [-0.1, -0.05) is 0 Å². The summed E-state index contributed by atoms with van der Waals surface area (Å²) in [7, 11) is 0. The van der Waals surface area contributed by atoms with Crippen molar-refractivity contribution in [1.29, 1.82) is 0 Å². The smallest absolute Gasteiger partial charge is 0.373 e. The van der Waals surface area contributed by atoms with Gasteiger partial charge in [0.2, 0.25) is 5.91 Å². The number of aromatic nitrogens is 4. The normalized spacial score (nSPS) is 23.1. The van der Waals surface area contributed by atoms with Crippen molar-refractivity contribution < 1.29 is 22.7 Å². The molecule has 0 saturated carbocycles. The quantitative estimate of drug-likeness (QED) is 0.652. The number of amides is 1. The highest BCUT2D eigenvalue weighted by Crippen LogP contribution is 2.27. The highest BCUT2D eigenvalue weighted by molar-refractivity contribution is 5.76. The maximum Gasteiger partial charge on any atom is 0.453 e. The summed E-state index contributed by atoms with van der Waals surface area (Å²) in [4.78, 5) is 24.9. The van der Waals surface area contributed by atoms with Gasteiger partial charge in [0.05, 0.1) is 12.2 Å². The summed E-state index contributed by atoms with van der Waals surface area (Å²) in [5.41, 5.74) is 1.85. The van der Waals surface area contributed by atoms with E-state index >= 15 is 0 Å². The Labute approximate surface area is 197 Å². The van der Waals surface area contributed by atoms with E-state index < -0.39 is 12.0 Å². The van der Waals surface area contributed by atoms with Crippen molar-refractivity contribution >= 4 is 11.7 Å². The van der Waals surface area contributed by atoms with Crippen molar-refractivity contribution in [2.75, 3.05) is 32.7 Å². The highest BCUT2D eigenvalue weighted by Gasteiger charge is 2.37. The van der Waals surface area contributed by atoms with Crippen molar-refractivity contribution in [3.8, 4) is 0 Å². The van der Waals surface area contributed by atoms with Gasteiger partial charge in [0.25, 0.3) is 11.6 Å². The van der Waals surface area contributed by atoms with Gasteiger partial charge < -0.3 is 9.64 Å². The van der Waals surface area contributed by atoms with E-state index in [4.69, 9.17) is 4.74 Å². The third-order valence-electron chi connectivity index (χ3n) is 6.87. The molecule has 2 saturated heterocycles. The Morgan fingerprint density at radius 2 is 1.74 bits per heavy atom. The molecule has 2 aliphatic heterocycles. The van der Waals surface area contributed by atoms with Crippen LogP contribution in [0.3, 0.4) is 0 Å². The van der Waals surface area contributed by atoms with Crippen LogP contribution in [0.5, 0.6) is 0 Å². The number of piperidine rings is 1. The predicted octanol–water partition coefficient (Wildman–Crippen LogP) is 3.04. The first-order valence-corrected chi connectivity index (χ1v) is 12.0. The van der Waals surface area contributed by atoms with Gasteiger partial charge in [0.1, 0.15) is 0 Å². The van der Waals surface area contributed by atoms with Gasteiger partial charge >= 0.3 is 6.18 Å². The van der Waals surface area contributed by atoms with Crippen molar-refractivity contribution in [1.82, 2.24) is 29.4 Å². The number of morpholine rings is 1. The standard InChI is InChI=1S/C23H33F3N6O2/c1-14-11-30(12-15(2)34-14)13-18-7-9-31(10-8-18)20(33)6-5-19-16(3)27-22-28-21(23(24,25)26)29-32(22)17(19)4/h14-15,18H,5-13H2,1-4H3. The van der Waals surface area contributed by atoms with Crippen molar-refractivity contribution in [2.24, 2.45) is 5.92 Å². The second-order valence-electron chi connectivity index (χ2n) is 9.71. The molecule has 8 nitrogen and oxygen atoms in total. The Morgan fingerprint density at radius 3 is 2.35 bits per heavy atom. The van der Waals surface area contributed by atoms with E-state index in [1.165, 1.54) is 0 Å².